The van der Waals surface area contributed by atoms with Crippen LogP contribution >= 0.6 is 22.7 Å². The number of carbonyl (C=O) groups is 3. The molecule has 0 radical (unpaired) electrons. The molecule has 8 nitrogen and oxygen atoms in total. The van der Waals surface area contributed by atoms with Crippen molar-refractivity contribution in [2.75, 3.05) is 4.90 Å². The Bertz CT molecular complexity index is 1220. The molecule has 1 unspecified atom stereocenters. The molecule has 1 atom stereocenters. The van der Waals surface area contributed by atoms with Gasteiger partial charge in [0.15, 0.2) is 0 Å². The van der Waals surface area contributed by atoms with Crippen molar-refractivity contribution in [3.8, 4) is 0 Å². The van der Waals surface area contributed by atoms with Gasteiger partial charge in [-0.15, -0.1) is 22.7 Å². The summed E-state index contributed by atoms with van der Waals surface area (Å²) in [6, 6.07) is 11.4. The van der Waals surface area contributed by atoms with Gasteiger partial charge in [0, 0.05) is 4.88 Å². The van der Waals surface area contributed by atoms with Gasteiger partial charge in [0.1, 0.15) is 6.04 Å². The second kappa shape index (κ2) is 8.35. The van der Waals surface area contributed by atoms with E-state index in [0.29, 0.717) is 4.88 Å². The predicted molar refractivity (Wildman–Crippen MR) is 117 cm³/mol. The number of sulfonamides is 1. The molecule has 1 fully saturated rings. The van der Waals surface area contributed by atoms with Crippen molar-refractivity contribution in [1.82, 2.24) is 4.90 Å². The van der Waals surface area contributed by atoms with Crippen molar-refractivity contribution in [2.45, 2.75) is 23.9 Å². The van der Waals surface area contributed by atoms with Gasteiger partial charge < -0.3 is 4.90 Å². The summed E-state index contributed by atoms with van der Waals surface area (Å²) >= 11 is 2.73. The van der Waals surface area contributed by atoms with E-state index in [1.807, 2.05) is 17.5 Å². The van der Waals surface area contributed by atoms with E-state index in [1.54, 1.807) is 17.5 Å². The summed E-state index contributed by atoms with van der Waals surface area (Å²) in [7, 11) is -3.90. The minimum absolute atomic E-state index is 0.126. The Balaban J connectivity index is 1.65. The minimum atomic E-state index is -3.90. The van der Waals surface area contributed by atoms with Gasteiger partial charge in [-0.05, 0) is 47.2 Å². The second-order valence-electron chi connectivity index (χ2n) is 6.82. The van der Waals surface area contributed by atoms with E-state index in [-0.39, 0.29) is 29.5 Å². The van der Waals surface area contributed by atoms with Gasteiger partial charge in [-0.3, -0.25) is 14.4 Å². The van der Waals surface area contributed by atoms with Gasteiger partial charge >= 0.3 is 0 Å². The van der Waals surface area contributed by atoms with Gasteiger partial charge in [-0.25, -0.2) is 18.5 Å². The van der Waals surface area contributed by atoms with Crippen LogP contribution in [0.15, 0.2) is 64.2 Å². The highest BCUT2D eigenvalue weighted by atomic mass is 32.2. The summed E-state index contributed by atoms with van der Waals surface area (Å²) in [4.78, 5) is 42.7. The van der Waals surface area contributed by atoms with E-state index in [4.69, 9.17) is 5.14 Å². The average molecular weight is 476 g/mol. The molecule has 160 valence electrons. The molecule has 3 heterocycles. The predicted octanol–water partition coefficient (Wildman–Crippen LogP) is 2.43. The van der Waals surface area contributed by atoms with Gasteiger partial charge in [0.25, 0.3) is 11.8 Å². The van der Waals surface area contributed by atoms with Crippen LogP contribution in [0.1, 0.15) is 21.0 Å². The maximum absolute atomic E-state index is 13.2. The average Bonchev–Trinajstić information content (AvgIpc) is 3.48. The first-order valence-corrected chi connectivity index (χ1v) is 12.4. The fourth-order valence-corrected chi connectivity index (χ4v) is 5.25. The molecule has 1 aliphatic heterocycles. The Morgan fingerprint density at radius 3 is 2.32 bits per heavy atom. The maximum Gasteiger partial charge on any atom is 0.264 e. The molecule has 0 bridgehead atoms. The number of amides is 3. The third-order valence-electron chi connectivity index (χ3n) is 4.82. The molecule has 11 heteroatoms. The first-order valence-electron chi connectivity index (χ1n) is 9.12. The van der Waals surface area contributed by atoms with E-state index in [1.165, 1.54) is 51.8 Å². The third-order valence-corrected chi connectivity index (χ3v) is 7.47. The Labute approximate surface area is 186 Å². The summed E-state index contributed by atoms with van der Waals surface area (Å²) in [6.45, 7) is 0.205. The molecule has 1 saturated heterocycles. The number of carbonyl (C=O) groups excluding carboxylic acids is 3. The number of hydrogen-bond donors (Lipinski definition) is 1. The first kappa shape index (κ1) is 21.4. The topological polar surface area (TPSA) is 118 Å². The van der Waals surface area contributed by atoms with Crippen LogP contribution in [-0.4, -0.2) is 37.1 Å². The molecule has 31 heavy (non-hydrogen) atoms. The van der Waals surface area contributed by atoms with E-state index >= 15 is 0 Å². The number of nitrogens with two attached hydrogens (primary N) is 1. The summed E-state index contributed by atoms with van der Waals surface area (Å²) in [5, 5.41) is 8.76. The van der Waals surface area contributed by atoms with Crippen LogP contribution in [0.25, 0.3) is 0 Å². The Kier molecular flexibility index (Phi) is 5.75. The van der Waals surface area contributed by atoms with Crippen molar-refractivity contribution in [1.29, 1.82) is 0 Å². The van der Waals surface area contributed by atoms with Crippen LogP contribution in [0.4, 0.5) is 5.69 Å². The van der Waals surface area contributed by atoms with Gasteiger partial charge in [-0.1, -0.05) is 12.1 Å². The first-order chi connectivity index (χ1) is 14.8. The molecule has 0 saturated carbocycles. The number of benzene rings is 1. The van der Waals surface area contributed by atoms with Crippen LogP contribution in [0.2, 0.25) is 0 Å². The maximum atomic E-state index is 13.2. The van der Waals surface area contributed by atoms with Crippen LogP contribution in [0.5, 0.6) is 0 Å². The molecule has 4 rings (SSSR count). The fourth-order valence-electron chi connectivity index (χ4n) is 3.35. The fraction of sp³-hybridized carbons (Fsp3) is 0.150. The van der Waals surface area contributed by atoms with Crippen molar-refractivity contribution >= 4 is 56.1 Å². The lowest BCUT2D eigenvalue weighted by Crippen LogP contribution is -2.44. The summed E-state index contributed by atoms with van der Waals surface area (Å²) in [5.74, 6) is -1.32. The molecule has 3 amide bonds. The zero-order valence-corrected chi connectivity index (χ0v) is 18.5. The Morgan fingerprint density at radius 1 is 1.06 bits per heavy atom. The lowest BCUT2D eigenvalue weighted by Gasteiger charge is -2.27. The molecule has 0 aliphatic carbocycles. The largest absolute Gasteiger partial charge is 0.320 e. The normalized spacial score (nSPS) is 16.7. The third kappa shape index (κ3) is 4.30. The monoisotopic (exact) mass is 475 g/mol. The van der Waals surface area contributed by atoms with E-state index in [0.717, 1.165) is 9.78 Å². The molecular formula is C20H17N3O5S3. The quantitative estimate of drug-likeness (QED) is 0.550. The summed E-state index contributed by atoms with van der Waals surface area (Å²) in [6.07, 6.45) is -0.155. The highest BCUT2D eigenvalue weighted by Crippen LogP contribution is 2.29. The zero-order chi connectivity index (χ0) is 22.2. The lowest BCUT2D eigenvalue weighted by molar-refractivity contribution is -0.122. The minimum Gasteiger partial charge on any atom is -0.320 e. The number of hydrogen-bond acceptors (Lipinski definition) is 7. The van der Waals surface area contributed by atoms with Gasteiger partial charge in [0.05, 0.1) is 28.4 Å². The SMILES string of the molecule is NS(=O)(=O)c1ccc(N2C(=O)CC(N(Cc3cccs3)C(=O)c3cccs3)C2=O)cc1. The Hall–Kier alpha value is -2.86. The zero-order valence-electron chi connectivity index (χ0n) is 16.0. The van der Waals surface area contributed by atoms with E-state index in [2.05, 4.69) is 0 Å². The van der Waals surface area contributed by atoms with Crippen molar-refractivity contribution in [2.24, 2.45) is 5.14 Å². The second-order valence-corrected chi connectivity index (χ2v) is 10.4. The number of nitrogens with zero attached hydrogens (tertiary/aromatic N) is 2. The van der Waals surface area contributed by atoms with Crippen LogP contribution in [0, 0.1) is 0 Å². The van der Waals surface area contributed by atoms with E-state index < -0.39 is 27.9 Å². The lowest BCUT2D eigenvalue weighted by atomic mass is 10.2. The number of primary sulfonamides is 1. The number of anilines is 1. The molecule has 0 spiro atoms. The van der Waals surface area contributed by atoms with Crippen LogP contribution in [0.3, 0.4) is 0 Å². The van der Waals surface area contributed by atoms with Gasteiger partial charge in [0.2, 0.25) is 15.9 Å². The molecule has 2 N–H and O–H groups in total. The van der Waals surface area contributed by atoms with Crippen LogP contribution < -0.4 is 10.0 Å². The number of imide groups is 1. The Morgan fingerprint density at radius 2 is 1.74 bits per heavy atom. The van der Waals surface area contributed by atoms with Crippen molar-refractivity contribution in [3.05, 3.63) is 69.0 Å². The van der Waals surface area contributed by atoms with Crippen molar-refractivity contribution < 1.29 is 22.8 Å². The number of thiophene rings is 2. The number of rotatable bonds is 6. The molecule has 2 aromatic heterocycles. The van der Waals surface area contributed by atoms with E-state index in [9.17, 15) is 22.8 Å². The van der Waals surface area contributed by atoms with Gasteiger partial charge in [-0.2, -0.15) is 0 Å². The molecule has 1 aromatic carbocycles. The van der Waals surface area contributed by atoms with Crippen LogP contribution in [-0.2, 0) is 26.2 Å². The summed E-state index contributed by atoms with van der Waals surface area (Å²) in [5.41, 5.74) is 0.226. The molecule has 3 aromatic rings. The highest BCUT2D eigenvalue weighted by molar-refractivity contribution is 7.89. The summed E-state index contributed by atoms with van der Waals surface area (Å²) < 4.78 is 22.9. The van der Waals surface area contributed by atoms with Crippen molar-refractivity contribution in [3.63, 3.8) is 0 Å². The molecular weight excluding hydrogens is 458 g/mol. The highest BCUT2D eigenvalue weighted by Gasteiger charge is 2.44. The standard InChI is InChI=1S/C20H17N3O5S3/c21-31(27,28)15-7-5-13(6-8-15)23-18(24)11-16(19(23)25)22(12-14-3-1-9-29-14)20(26)17-4-2-10-30-17/h1-10,16H,11-12H2,(H2,21,27,28). The smallest absolute Gasteiger partial charge is 0.264 e. The molecule has 1 aliphatic rings.